The van der Waals surface area contributed by atoms with Crippen molar-refractivity contribution in [2.24, 2.45) is 28.3 Å². The fourth-order valence-electron chi connectivity index (χ4n) is 4.61. The topological polar surface area (TPSA) is 107 Å². The number of rotatable bonds is 9. The molecular weight excluding hydrogens is 509 g/mol. The van der Waals surface area contributed by atoms with Gasteiger partial charge in [-0.2, -0.15) is 0 Å². The molecule has 0 aliphatic heterocycles. The van der Waals surface area contributed by atoms with Gasteiger partial charge in [-0.1, -0.05) is 35.3 Å². The zero-order valence-corrected chi connectivity index (χ0v) is 22.0. The molecule has 2 aromatic carbocycles. The first-order chi connectivity index (χ1) is 17.9. The summed E-state index contributed by atoms with van der Waals surface area (Å²) in [5, 5.41) is 1.01. The van der Waals surface area contributed by atoms with Gasteiger partial charge in [-0.3, -0.25) is 9.79 Å². The third-order valence-electron chi connectivity index (χ3n) is 6.56. The third-order valence-corrected chi connectivity index (χ3v) is 7.04. The summed E-state index contributed by atoms with van der Waals surface area (Å²) in [6, 6.07) is 18.4. The van der Waals surface area contributed by atoms with Gasteiger partial charge >= 0.3 is 0 Å². The standard InChI is InChI=1S/C28H31Cl2N5O2/c29-23-9-11-24(12-10-23)37-25-3-1-2-21(14-25)18-35(27(36)22-8-13-26(30)33-16-22)17-20-6-4-19(5-7-20)15-34-28(31)32/h1-3,8-14,16,19-20H,4-7,15,17-18H2,(H4,31,32,34). The molecule has 0 atom stereocenters. The smallest absolute Gasteiger partial charge is 0.255 e. The molecule has 1 aliphatic rings. The van der Waals surface area contributed by atoms with E-state index < -0.39 is 0 Å². The van der Waals surface area contributed by atoms with E-state index in [1.807, 2.05) is 41.3 Å². The minimum absolute atomic E-state index is 0.0733. The molecule has 4 rings (SSSR count). The molecule has 1 heterocycles. The normalized spacial score (nSPS) is 17.1. The summed E-state index contributed by atoms with van der Waals surface area (Å²) < 4.78 is 6.00. The van der Waals surface area contributed by atoms with E-state index in [0.29, 0.717) is 58.7 Å². The molecular formula is C28H31Cl2N5O2. The van der Waals surface area contributed by atoms with Crippen molar-refractivity contribution in [3.63, 3.8) is 0 Å². The zero-order chi connectivity index (χ0) is 26.2. The second-order valence-corrected chi connectivity index (χ2v) is 10.2. The van der Waals surface area contributed by atoms with Crippen LogP contribution in [0.2, 0.25) is 10.2 Å². The highest BCUT2D eigenvalue weighted by atomic mass is 35.5. The number of ether oxygens (including phenoxy) is 1. The van der Waals surface area contributed by atoms with Crippen molar-refractivity contribution < 1.29 is 9.53 Å². The summed E-state index contributed by atoms with van der Waals surface area (Å²) in [4.78, 5) is 23.7. The van der Waals surface area contributed by atoms with E-state index in [1.54, 1.807) is 24.3 Å². The number of halogens is 2. The van der Waals surface area contributed by atoms with Crippen LogP contribution in [0.4, 0.5) is 0 Å². The Labute approximate surface area is 227 Å². The second kappa shape index (κ2) is 12.8. The fraction of sp³-hybridized carbons (Fsp3) is 0.321. The lowest BCUT2D eigenvalue weighted by atomic mass is 9.81. The van der Waals surface area contributed by atoms with Crippen LogP contribution in [0.5, 0.6) is 11.5 Å². The molecule has 7 nitrogen and oxygen atoms in total. The fourth-order valence-corrected chi connectivity index (χ4v) is 4.85. The van der Waals surface area contributed by atoms with E-state index in [2.05, 4.69) is 9.98 Å². The Kier molecular flexibility index (Phi) is 9.25. The van der Waals surface area contributed by atoms with Crippen LogP contribution >= 0.6 is 23.2 Å². The molecule has 194 valence electrons. The lowest BCUT2D eigenvalue weighted by Crippen LogP contribution is -2.36. The van der Waals surface area contributed by atoms with Crippen LogP contribution in [0, 0.1) is 11.8 Å². The number of amides is 1. The Hall–Kier alpha value is -3.29. The number of nitrogens with zero attached hydrogens (tertiary/aromatic N) is 3. The molecule has 37 heavy (non-hydrogen) atoms. The van der Waals surface area contributed by atoms with Gasteiger partial charge in [0.25, 0.3) is 5.91 Å². The van der Waals surface area contributed by atoms with E-state index in [1.165, 1.54) is 6.20 Å². The molecule has 0 bridgehead atoms. The molecule has 3 aromatic rings. The lowest BCUT2D eigenvalue weighted by molar-refractivity contribution is 0.0690. The summed E-state index contributed by atoms with van der Waals surface area (Å²) in [6.07, 6.45) is 5.65. The number of carbonyl (C=O) groups excluding carboxylic acids is 1. The molecule has 9 heteroatoms. The minimum Gasteiger partial charge on any atom is -0.457 e. The van der Waals surface area contributed by atoms with Gasteiger partial charge in [-0.05, 0) is 91.6 Å². The quantitative estimate of drug-likeness (QED) is 0.200. The maximum absolute atomic E-state index is 13.5. The monoisotopic (exact) mass is 539 g/mol. The number of hydrogen-bond donors (Lipinski definition) is 2. The molecule has 1 saturated carbocycles. The van der Waals surface area contributed by atoms with Gasteiger partial charge in [0.2, 0.25) is 0 Å². The Bertz CT molecular complexity index is 1210. The van der Waals surface area contributed by atoms with Crippen LogP contribution in [0.15, 0.2) is 71.9 Å². The first-order valence-corrected chi connectivity index (χ1v) is 13.1. The van der Waals surface area contributed by atoms with Crippen LogP contribution in [-0.4, -0.2) is 34.8 Å². The van der Waals surface area contributed by atoms with Gasteiger partial charge < -0.3 is 21.1 Å². The molecule has 1 aliphatic carbocycles. The molecule has 1 amide bonds. The van der Waals surface area contributed by atoms with Crippen molar-refractivity contribution in [2.45, 2.75) is 32.2 Å². The van der Waals surface area contributed by atoms with Gasteiger partial charge in [-0.15, -0.1) is 0 Å². The number of aliphatic imine (C=N–C) groups is 1. The van der Waals surface area contributed by atoms with Crippen LogP contribution in [0.1, 0.15) is 41.6 Å². The van der Waals surface area contributed by atoms with Crippen LogP contribution < -0.4 is 16.2 Å². The van der Waals surface area contributed by atoms with E-state index in [4.69, 9.17) is 39.4 Å². The van der Waals surface area contributed by atoms with Crippen LogP contribution in [0.25, 0.3) is 0 Å². The number of carbonyl (C=O) groups is 1. The maximum Gasteiger partial charge on any atom is 0.255 e. The predicted molar refractivity (Wildman–Crippen MR) is 148 cm³/mol. The Morgan fingerprint density at radius 2 is 1.70 bits per heavy atom. The maximum atomic E-state index is 13.5. The first kappa shape index (κ1) is 26.8. The van der Waals surface area contributed by atoms with Crippen LogP contribution in [0.3, 0.4) is 0 Å². The molecule has 0 spiro atoms. The van der Waals surface area contributed by atoms with Crippen molar-refractivity contribution in [3.05, 3.63) is 88.2 Å². The third kappa shape index (κ3) is 8.10. The molecule has 4 N–H and O–H groups in total. The highest BCUT2D eigenvalue weighted by Gasteiger charge is 2.26. The van der Waals surface area contributed by atoms with Gasteiger partial charge in [0.15, 0.2) is 5.96 Å². The average Bonchev–Trinajstić information content (AvgIpc) is 2.89. The minimum atomic E-state index is -0.0733. The molecule has 1 fully saturated rings. The summed E-state index contributed by atoms with van der Waals surface area (Å²) in [5.74, 6) is 2.33. The van der Waals surface area contributed by atoms with E-state index in [-0.39, 0.29) is 11.9 Å². The Morgan fingerprint density at radius 3 is 2.38 bits per heavy atom. The number of pyridine rings is 1. The van der Waals surface area contributed by atoms with Crippen molar-refractivity contribution in [2.75, 3.05) is 13.1 Å². The van der Waals surface area contributed by atoms with E-state index in [9.17, 15) is 4.79 Å². The average molecular weight is 540 g/mol. The Morgan fingerprint density at radius 1 is 0.973 bits per heavy atom. The number of hydrogen-bond acceptors (Lipinski definition) is 4. The van der Waals surface area contributed by atoms with Gasteiger partial charge in [-0.25, -0.2) is 4.98 Å². The van der Waals surface area contributed by atoms with E-state index in [0.717, 1.165) is 31.2 Å². The van der Waals surface area contributed by atoms with Crippen molar-refractivity contribution in [1.29, 1.82) is 0 Å². The van der Waals surface area contributed by atoms with Crippen molar-refractivity contribution in [3.8, 4) is 11.5 Å². The number of aromatic nitrogens is 1. The van der Waals surface area contributed by atoms with E-state index >= 15 is 0 Å². The summed E-state index contributed by atoms with van der Waals surface area (Å²) in [6.45, 7) is 1.76. The highest BCUT2D eigenvalue weighted by Crippen LogP contribution is 2.31. The molecule has 1 aromatic heterocycles. The molecule has 0 saturated heterocycles. The summed E-state index contributed by atoms with van der Waals surface area (Å²) >= 11 is 11.9. The largest absolute Gasteiger partial charge is 0.457 e. The summed E-state index contributed by atoms with van der Waals surface area (Å²) in [5.41, 5.74) is 12.5. The lowest BCUT2D eigenvalue weighted by Gasteiger charge is -2.32. The number of nitrogens with two attached hydrogens (primary N) is 2. The first-order valence-electron chi connectivity index (χ1n) is 12.3. The van der Waals surface area contributed by atoms with Crippen LogP contribution in [-0.2, 0) is 6.54 Å². The van der Waals surface area contributed by atoms with Gasteiger partial charge in [0.05, 0.1) is 5.56 Å². The SMILES string of the molecule is NC(N)=NCC1CCC(CN(Cc2cccc(Oc3ccc(Cl)cc3)c2)C(=O)c2ccc(Cl)nc2)CC1. The predicted octanol–water partition coefficient (Wildman–Crippen LogP) is 5.90. The second-order valence-electron chi connectivity index (χ2n) is 9.41. The molecule has 0 radical (unpaired) electrons. The molecule has 0 unspecified atom stereocenters. The Balaban J connectivity index is 1.47. The zero-order valence-electron chi connectivity index (χ0n) is 20.5. The van der Waals surface area contributed by atoms with Crippen molar-refractivity contribution in [1.82, 2.24) is 9.88 Å². The van der Waals surface area contributed by atoms with Gasteiger partial charge in [0, 0.05) is 30.9 Å². The number of benzene rings is 2. The van der Waals surface area contributed by atoms with Crippen molar-refractivity contribution >= 4 is 35.1 Å². The van der Waals surface area contributed by atoms with Gasteiger partial charge in [0.1, 0.15) is 16.7 Å². The summed E-state index contributed by atoms with van der Waals surface area (Å²) in [7, 11) is 0. The number of guanidine groups is 1. The highest BCUT2D eigenvalue weighted by molar-refractivity contribution is 6.30.